The van der Waals surface area contributed by atoms with Crippen LogP contribution < -0.4 is 11.1 Å². The maximum absolute atomic E-state index is 5.91. The molecule has 1 saturated heterocycles. The Hall–Kier alpha value is -3.04. The third-order valence-corrected chi connectivity index (χ3v) is 6.69. The number of hydrogen-bond acceptors (Lipinski definition) is 9. The maximum Gasteiger partial charge on any atom is 0.154 e. The standard InChI is InChI=1S/C25H32N8S/c1-18(2)19-13-25(32-29-17-19)31-24-5-4-22-23(30-24)12-20(16-28-22)21(14-26)15-27-6-3-7-33-8-10-34-11-9-33/h4-5,12-18H,3,6-11,26H2,1-2H3,(H,30,31,32). The Morgan fingerprint density at radius 1 is 1.18 bits per heavy atom. The summed E-state index contributed by atoms with van der Waals surface area (Å²) in [6, 6.07) is 7.81. The molecule has 0 amide bonds. The highest BCUT2D eigenvalue weighted by Crippen LogP contribution is 2.21. The lowest BCUT2D eigenvalue weighted by Crippen LogP contribution is -2.33. The smallest absolute Gasteiger partial charge is 0.154 e. The number of nitrogens with one attached hydrogen (secondary N) is 1. The van der Waals surface area contributed by atoms with Crippen LogP contribution in [-0.2, 0) is 0 Å². The highest BCUT2D eigenvalue weighted by Gasteiger charge is 2.09. The average Bonchev–Trinajstić information content (AvgIpc) is 2.86. The Morgan fingerprint density at radius 3 is 2.82 bits per heavy atom. The van der Waals surface area contributed by atoms with Crippen LogP contribution in [0.2, 0.25) is 0 Å². The number of anilines is 2. The van der Waals surface area contributed by atoms with Crippen molar-refractivity contribution in [2.75, 3.05) is 43.0 Å². The molecule has 0 aliphatic carbocycles. The second kappa shape index (κ2) is 11.9. The first-order valence-corrected chi connectivity index (χ1v) is 12.9. The molecule has 0 saturated carbocycles. The Morgan fingerprint density at radius 2 is 2.03 bits per heavy atom. The summed E-state index contributed by atoms with van der Waals surface area (Å²) in [5.41, 5.74) is 10.3. The van der Waals surface area contributed by atoms with Gasteiger partial charge in [0, 0.05) is 60.9 Å². The van der Waals surface area contributed by atoms with Crippen molar-refractivity contribution in [3.8, 4) is 0 Å². The van der Waals surface area contributed by atoms with Crippen LogP contribution in [0.25, 0.3) is 16.6 Å². The van der Waals surface area contributed by atoms with Gasteiger partial charge in [-0.25, -0.2) is 4.98 Å². The van der Waals surface area contributed by atoms with Gasteiger partial charge in [-0.05, 0) is 48.7 Å². The topological polar surface area (TPSA) is 105 Å². The van der Waals surface area contributed by atoms with Crippen molar-refractivity contribution in [1.29, 1.82) is 0 Å². The lowest BCUT2D eigenvalue weighted by atomic mass is 10.1. The van der Waals surface area contributed by atoms with Crippen molar-refractivity contribution in [3.05, 3.63) is 54.0 Å². The largest absolute Gasteiger partial charge is 0.404 e. The first-order chi connectivity index (χ1) is 16.6. The van der Waals surface area contributed by atoms with E-state index in [-0.39, 0.29) is 0 Å². The van der Waals surface area contributed by atoms with E-state index in [9.17, 15) is 0 Å². The fourth-order valence-electron chi connectivity index (χ4n) is 3.71. The van der Waals surface area contributed by atoms with Crippen molar-refractivity contribution in [3.63, 3.8) is 0 Å². The van der Waals surface area contributed by atoms with Gasteiger partial charge in [-0.1, -0.05) is 13.8 Å². The number of hydrogen-bond donors (Lipinski definition) is 2. The second-order valence-electron chi connectivity index (χ2n) is 8.58. The van der Waals surface area contributed by atoms with Gasteiger partial charge in [0.05, 0.1) is 17.2 Å². The van der Waals surface area contributed by atoms with E-state index in [1.165, 1.54) is 24.6 Å². The first-order valence-electron chi connectivity index (χ1n) is 11.7. The van der Waals surface area contributed by atoms with Gasteiger partial charge in [0.15, 0.2) is 5.82 Å². The minimum atomic E-state index is 0.374. The molecule has 4 rings (SSSR count). The quantitative estimate of drug-likeness (QED) is 0.351. The van der Waals surface area contributed by atoms with E-state index in [0.717, 1.165) is 47.2 Å². The SMILES string of the molecule is CC(C)c1cnnc(Nc2ccc3ncc(C(C=NCCCN4CCSCC4)=CN)cc3n2)c1. The molecule has 8 nitrogen and oxygen atoms in total. The molecule has 3 aromatic heterocycles. The van der Waals surface area contributed by atoms with E-state index in [1.807, 2.05) is 48.4 Å². The van der Waals surface area contributed by atoms with E-state index < -0.39 is 0 Å². The van der Waals surface area contributed by atoms with Crippen LogP contribution in [0.15, 0.2) is 47.9 Å². The molecule has 1 fully saturated rings. The maximum atomic E-state index is 5.91. The van der Waals surface area contributed by atoms with Gasteiger partial charge in [-0.15, -0.1) is 5.10 Å². The molecular weight excluding hydrogens is 444 g/mol. The van der Waals surface area contributed by atoms with Crippen LogP contribution >= 0.6 is 11.8 Å². The zero-order valence-electron chi connectivity index (χ0n) is 19.8. The molecular formula is C25H32N8S. The van der Waals surface area contributed by atoms with Crippen LogP contribution in [0.1, 0.15) is 37.3 Å². The molecule has 34 heavy (non-hydrogen) atoms. The molecule has 3 N–H and O–H groups in total. The van der Waals surface area contributed by atoms with Gasteiger partial charge < -0.3 is 16.0 Å². The van der Waals surface area contributed by atoms with Crippen molar-refractivity contribution in [2.45, 2.75) is 26.2 Å². The van der Waals surface area contributed by atoms with E-state index in [4.69, 9.17) is 10.7 Å². The summed E-state index contributed by atoms with van der Waals surface area (Å²) in [5.74, 6) is 4.20. The monoisotopic (exact) mass is 476 g/mol. The Bertz CT molecular complexity index is 1150. The average molecular weight is 477 g/mol. The Labute approximate surface area is 205 Å². The molecule has 0 aromatic carbocycles. The summed E-state index contributed by atoms with van der Waals surface area (Å²) in [6.45, 7) is 8.51. The van der Waals surface area contributed by atoms with Crippen molar-refractivity contribution in [1.82, 2.24) is 25.1 Å². The molecule has 0 atom stereocenters. The minimum absolute atomic E-state index is 0.374. The van der Waals surface area contributed by atoms with Gasteiger partial charge >= 0.3 is 0 Å². The van der Waals surface area contributed by atoms with Crippen LogP contribution in [0.5, 0.6) is 0 Å². The summed E-state index contributed by atoms with van der Waals surface area (Å²) in [7, 11) is 0. The van der Waals surface area contributed by atoms with E-state index in [0.29, 0.717) is 17.6 Å². The lowest BCUT2D eigenvalue weighted by Gasteiger charge is -2.25. The van der Waals surface area contributed by atoms with Crippen molar-refractivity contribution >= 4 is 46.2 Å². The number of aromatic nitrogens is 4. The van der Waals surface area contributed by atoms with Crippen molar-refractivity contribution in [2.24, 2.45) is 10.7 Å². The summed E-state index contributed by atoms with van der Waals surface area (Å²) in [5, 5.41) is 11.5. The van der Waals surface area contributed by atoms with Crippen LogP contribution in [0.3, 0.4) is 0 Å². The van der Waals surface area contributed by atoms with Gasteiger partial charge in [0.1, 0.15) is 5.82 Å². The number of aliphatic imine (C=N–C) groups is 1. The number of rotatable bonds is 9. The zero-order chi connectivity index (χ0) is 23.8. The minimum Gasteiger partial charge on any atom is -0.404 e. The number of fused-ring (bicyclic) bond motifs is 1. The molecule has 0 bridgehead atoms. The zero-order valence-corrected chi connectivity index (χ0v) is 20.6. The number of allylic oxidation sites excluding steroid dienone is 1. The van der Waals surface area contributed by atoms with Crippen LogP contribution in [0, 0.1) is 0 Å². The van der Waals surface area contributed by atoms with Gasteiger partial charge in [0.2, 0.25) is 0 Å². The molecule has 0 unspecified atom stereocenters. The Balaban J connectivity index is 1.42. The molecule has 178 valence electrons. The molecule has 3 aromatic rings. The van der Waals surface area contributed by atoms with E-state index in [2.05, 4.69) is 44.2 Å². The fourth-order valence-corrected chi connectivity index (χ4v) is 4.69. The summed E-state index contributed by atoms with van der Waals surface area (Å²) in [6.07, 6.45) is 8.06. The molecule has 4 heterocycles. The highest BCUT2D eigenvalue weighted by molar-refractivity contribution is 7.99. The molecule has 1 aliphatic rings. The normalized spacial score (nSPS) is 15.4. The predicted octanol–water partition coefficient (Wildman–Crippen LogP) is 4.10. The van der Waals surface area contributed by atoms with Gasteiger partial charge in [-0.3, -0.25) is 9.98 Å². The Kier molecular flexibility index (Phi) is 8.43. The third kappa shape index (κ3) is 6.51. The number of thioether (sulfide) groups is 1. The van der Waals surface area contributed by atoms with E-state index in [1.54, 1.807) is 12.4 Å². The van der Waals surface area contributed by atoms with Crippen molar-refractivity contribution < 1.29 is 0 Å². The highest BCUT2D eigenvalue weighted by atomic mass is 32.2. The number of nitrogens with zero attached hydrogens (tertiary/aromatic N) is 6. The summed E-state index contributed by atoms with van der Waals surface area (Å²) in [4.78, 5) is 16.4. The molecule has 0 radical (unpaired) electrons. The van der Waals surface area contributed by atoms with Crippen LogP contribution in [0.4, 0.5) is 11.6 Å². The third-order valence-electron chi connectivity index (χ3n) is 5.74. The molecule has 0 spiro atoms. The lowest BCUT2D eigenvalue weighted by molar-refractivity contribution is 0.300. The van der Waals surface area contributed by atoms with Gasteiger partial charge in [-0.2, -0.15) is 16.9 Å². The van der Waals surface area contributed by atoms with Crippen LogP contribution in [-0.4, -0.2) is 69.0 Å². The van der Waals surface area contributed by atoms with E-state index >= 15 is 0 Å². The summed E-state index contributed by atoms with van der Waals surface area (Å²) >= 11 is 2.04. The summed E-state index contributed by atoms with van der Waals surface area (Å²) < 4.78 is 0. The first kappa shape index (κ1) is 24.1. The second-order valence-corrected chi connectivity index (χ2v) is 9.80. The molecule has 9 heteroatoms. The number of nitrogens with two attached hydrogens (primary N) is 1. The number of pyridine rings is 2. The fraction of sp³-hybridized carbons (Fsp3) is 0.400. The molecule has 1 aliphatic heterocycles. The predicted molar refractivity (Wildman–Crippen MR) is 143 cm³/mol. The van der Waals surface area contributed by atoms with Gasteiger partial charge in [0.25, 0.3) is 0 Å².